The van der Waals surface area contributed by atoms with E-state index < -0.39 is 6.97 Å². The van der Waals surface area contributed by atoms with Crippen molar-refractivity contribution in [1.82, 2.24) is 9.79 Å². The third kappa shape index (κ3) is 7.33. The largest absolute Gasteiger partial charge is 0.737 e. The predicted octanol–water partition coefficient (Wildman–Crippen LogP) is 1.63. The van der Waals surface area contributed by atoms with Crippen LogP contribution in [0.2, 0.25) is 0 Å². The van der Waals surface area contributed by atoms with Crippen molar-refractivity contribution in [1.29, 1.82) is 0 Å². The third-order valence-electron chi connectivity index (χ3n) is 5.96. The Bertz CT molecular complexity index is 993. The van der Waals surface area contributed by atoms with Gasteiger partial charge in [-0.05, 0) is 31.2 Å². The van der Waals surface area contributed by atoms with E-state index in [9.17, 15) is 4.79 Å². The van der Waals surface area contributed by atoms with Crippen molar-refractivity contribution in [3.05, 3.63) is 40.9 Å². The number of halogens is 2. The van der Waals surface area contributed by atoms with E-state index in [1.807, 2.05) is 6.92 Å². The van der Waals surface area contributed by atoms with Gasteiger partial charge in [0.05, 0.1) is 52.9 Å². The number of allylic oxidation sites excluding steroid dienone is 2. The molecule has 9 nitrogen and oxygen atoms in total. The van der Waals surface area contributed by atoms with Crippen molar-refractivity contribution in [2.45, 2.75) is 26.7 Å². The smallest absolute Gasteiger partial charge is 0.394 e. The maximum absolute atomic E-state index is 15.4. The molecular formula is C24H37BF2N4O5. The molecule has 36 heavy (non-hydrogen) atoms. The van der Waals surface area contributed by atoms with Crippen LogP contribution in [0.3, 0.4) is 0 Å². The Hall–Kier alpha value is -2.38. The first-order chi connectivity index (χ1) is 17.4. The number of ether oxygens (including phenoxy) is 4. The van der Waals surface area contributed by atoms with Crippen molar-refractivity contribution in [2.75, 3.05) is 65.9 Å². The lowest BCUT2D eigenvalue weighted by Crippen LogP contribution is -2.50. The fourth-order valence-corrected chi connectivity index (χ4v) is 4.33. The molecule has 2 aliphatic rings. The minimum Gasteiger partial charge on any atom is -0.394 e. The molecule has 0 unspecified atom stereocenters. The highest BCUT2D eigenvalue weighted by molar-refractivity contribution is 6.58. The van der Waals surface area contributed by atoms with Crippen LogP contribution in [0.25, 0.3) is 6.08 Å². The number of hydrogen-bond acceptors (Lipinski definition) is 6. The summed E-state index contributed by atoms with van der Waals surface area (Å²) in [6, 6.07) is 1.77. The minimum atomic E-state index is -4.01. The zero-order valence-electron chi connectivity index (χ0n) is 21.1. The number of nitrogens with two attached hydrogens (primary N) is 1. The van der Waals surface area contributed by atoms with E-state index in [0.717, 1.165) is 14.5 Å². The molecule has 3 N–H and O–H groups in total. The molecule has 0 spiro atoms. The highest BCUT2D eigenvalue weighted by Crippen LogP contribution is 2.34. The van der Waals surface area contributed by atoms with Crippen LogP contribution in [0.4, 0.5) is 8.63 Å². The molecule has 3 rings (SSSR count). The zero-order chi connectivity index (χ0) is 26.0. The summed E-state index contributed by atoms with van der Waals surface area (Å²) in [5, 5.41) is 2.76. The second-order valence-electron chi connectivity index (χ2n) is 8.66. The van der Waals surface area contributed by atoms with Crippen LogP contribution in [0.15, 0.2) is 23.9 Å². The fraction of sp³-hybridized carbons (Fsp3) is 0.583. The zero-order valence-corrected chi connectivity index (χ0v) is 21.1. The normalized spacial score (nSPS) is 15.8. The predicted molar refractivity (Wildman–Crippen MR) is 134 cm³/mol. The van der Waals surface area contributed by atoms with E-state index in [1.54, 1.807) is 31.2 Å². The molecule has 0 fully saturated rings. The quantitative estimate of drug-likeness (QED) is 0.244. The number of rotatable bonds is 17. The molecule has 1 aromatic rings. The third-order valence-corrected chi connectivity index (χ3v) is 5.96. The molecule has 3 heterocycles. The Morgan fingerprint density at radius 2 is 1.61 bits per heavy atom. The molecule has 0 aromatic carbocycles. The molecule has 0 aliphatic carbocycles. The molecule has 0 radical (unpaired) electrons. The Kier molecular flexibility index (Phi) is 10.8. The second-order valence-corrected chi connectivity index (χ2v) is 8.66. The molecule has 0 bridgehead atoms. The number of aromatic nitrogens is 1. The summed E-state index contributed by atoms with van der Waals surface area (Å²) in [5.74, 6) is -0.206. The van der Waals surface area contributed by atoms with Gasteiger partial charge in [0.2, 0.25) is 5.91 Å². The highest BCUT2D eigenvalue weighted by atomic mass is 19.2. The summed E-state index contributed by atoms with van der Waals surface area (Å²) >= 11 is 0. The van der Waals surface area contributed by atoms with Gasteiger partial charge in [-0.1, -0.05) is 0 Å². The first-order valence-corrected chi connectivity index (χ1v) is 12.4. The van der Waals surface area contributed by atoms with Crippen molar-refractivity contribution in [2.24, 2.45) is 5.73 Å². The van der Waals surface area contributed by atoms with Crippen molar-refractivity contribution in [3.63, 3.8) is 0 Å². The average molecular weight is 510 g/mol. The molecule has 0 saturated carbocycles. The van der Waals surface area contributed by atoms with Crippen LogP contribution in [-0.4, -0.2) is 93.5 Å². The van der Waals surface area contributed by atoms with E-state index >= 15 is 8.63 Å². The fourth-order valence-electron chi connectivity index (χ4n) is 4.33. The minimum absolute atomic E-state index is 0.118. The van der Waals surface area contributed by atoms with E-state index in [1.165, 1.54) is 0 Å². The summed E-state index contributed by atoms with van der Waals surface area (Å²) in [4.78, 5) is 12.2. The van der Waals surface area contributed by atoms with Gasteiger partial charge in [0.25, 0.3) is 0 Å². The summed E-state index contributed by atoms with van der Waals surface area (Å²) in [6.45, 7) is 4.01. The number of amides is 1. The lowest BCUT2D eigenvalue weighted by molar-refractivity contribution is -0.362. The van der Waals surface area contributed by atoms with E-state index in [2.05, 4.69) is 5.32 Å². The molecule has 1 aromatic heterocycles. The molecule has 200 valence electrons. The number of nitrogens with zero attached hydrogens (tertiary/aromatic N) is 2. The monoisotopic (exact) mass is 510 g/mol. The molecule has 1 amide bonds. The maximum atomic E-state index is 15.4. The van der Waals surface area contributed by atoms with Gasteiger partial charge < -0.3 is 47.6 Å². The Morgan fingerprint density at radius 1 is 1.00 bits per heavy atom. The molecule has 2 aliphatic heterocycles. The summed E-state index contributed by atoms with van der Waals surface area (Å²) in [6.07, 6.45) is 5.48. The lowest BCUT2D eigenvalue weighted by Gasteiger charge is -2.30. The van der Waals surface area contributed by atoms with Crippen LogP contribution in [0, 0.1) is 13.8 Å². The van der Waals surface area contributed by atoms with Gasteiger partial charge in [0.15, 0.2) is 5.70 Å². The lowest BCUT2D eigenvalue weighted by atomic mass is 9.90. The van der Waals surface area contributed by atoms with Crippen molar-refractivity contribution < 1.29 is 36.9 Å². The van der Waals surface area contributed by atoms with Crippen molar-refractivity contribution >= 4 is 24.7 Å². The molecular weight excluding hydrogens is 473 g/mol. The van der Waals surface area contributed by atoms with E-state index in [-0.39, 0.29) is 18.7 Å². The van der Waals surface area contributed by atoms with Crippen LogP contribution >= 0.6 is 0 Å². The standard InChI is InChI=1S/C24H37BF2N4O5/c1-19-17-20(2)30-23(19)18-22-4-3-21(31(22)25(30,26)27)5-6-24(32)29-8-10-34-12-14-36-16-15-35-13-11-33-9-7-28/h3-4,17-18H,5-16,28H2,1-2H3,(H,29,32). The summed E-state index contributed by atoms with van der Waals surface area (Å²) in [7, 11) is 0. The van der Waals surface area contributed by atoms with Gasteiger partial charge in [0.1, 0.15) is 5.71 Å². The van der Waals surface area contributed by atoms with Gasteiger partial charge >= 0.3 is 6.97 Å². The number of carbonyl (C=O) groups excluding carboxylic acids is 1. The van der Waals surface area contributed by atoms with Crippen LogP contribution < -0.4 is 11.1 Å². The SMILES string of the molecule is Cc1cc(C)n2c1C=C1C=CC(CCC(=O)NCCOCCOCCOCCOCCN)=[N+]1[B-]2(F)F. The second kappa shape index (κ2) is 13.8. The van der Waals surface area contributed by atoms with Gasteiger partial charge in [-0.15, -0.1) is 0 Å². The van der Waals surface area contributed by atoms with Crippen LogP contribution in [0.1, 0.15) is 29.8 Å². The first-order valence-electron chi connectivity index (χ1n) is 12.4. The van der Waals surface area contributed by atoms with Gasteiger partial charge in [-0.3, -0.25) is 4.79 Å². The van der Waals surface area contributed by atoms with Gasteiger partial charge in [-0.25, -0.2) is 0 Å². The molecule has 12 heteroatoms. The maximum Gasteiger partial charge on any atom is 0.737 e. The number of carbonyl (C=O) groups is 1. The first kappa shape index (κ1) is 28.2. The van der Waals surface area contributed by atoms with Gasteiger partial charge in [0, 0.05) is 49.9 Å². The number of aryl methyl sites for hydroxylation is 2. The summed E-state index contributed by atoms with van der Waals surface area (Å²) in [5.41, 5.74) is 8.10. The Labute approximate surface area is 211 Å². The number of fused-ring (bicyclic) bond motifs is 2. The van der Waals surface area contributed by atoms with Crippen LogP contribution in [-0.2, 0) is 23.7 Å². The average Bonchev–Trinajstić information content (AvgIpc) is 3.39. The Balaban J connectivity index is 1.28. The molecule has 0 atom stereocenters. The van der Waals surface area contributed by atoms with Crippen LogP contribution in [0.5, 0.6) is 0 Å². The topological polar surface area (TPSA) is 100.0 Å². The van der Waals surface area contributed by atoms with E-state index in [4.69, 9.17) is 24.7 Å². The van der Waals surface area contributed by atoms with Gasteiger partial charge in [-0.2, -0.15) is 0 Å². The Morgan fingerprint density at radius 3 is 2.25 bits per heavy atom. The highest BCUT2D eigenvalue weighted by Gasteiger charge is 2.52. The van der Waals surface area contributed by atoms with Crippen molar-refractivity contribution in [3.8, 4) is 0 Å². The summed E-state index contributed by atoms with van der Waals surface area (Å²) < 4.78 is 54.4. The number of hydrogen-bond donors (Lipinski definition) is 2. The number of nitrogens with one attached hydrogen (secondary N) is 1. The molecule has 0 saturated heterocycles. The van der Waals surface area contributed by atoms with E-state index in [0.29, 0.717) is 88.7 Å².